The standard InChI is InChI=1S/C21H28N2O4S/c1-20(2,3)23-28(25,26)18-13-11-17(12-14-18)27-15-21(4,5)19(24)22-16-9-7-6-8-10-16/h6-14,23H,15H2,1-5H3,(H,22,24). The topological polar surface area (TPSA) is 84.5 Å². The highest BCUT2D eigenvalue weighted by molar-refractivity contribution is 7.89. The molecule has 0 atom stereocenters. The number of benzene rings is 2. The van der Waals surface area contributed by atoms with Crippen molar-refractivity contribution in [2.75, 3.05) is 11.9 Å². The molecule has 1 amide bonds. The van der Waals surface area contributed by atoms with Crippen molar-refractivity contribution in [2.24, 2.45) is 5.41 Å². The Balaban J connectivity index is 1.99. The smallest absolute Gasteiger partial charge is 0.241 e. The summed E-state index contributed by atoms with van der Waals surface area (Å²) in [6, 6.07) is 15.4. The molecule has 0 heterocycles. The zero-order valence-electron chi connectivity index (χ0n) is 16.9. The van der Waals surface area contributed by atoms with Gasteiger partial charge in [-0.25, -0.2) is 13.1 Å². The lowest BCUT2D eigenvalue weighted by Gasteiger charge is -2.24. The fourth-order valence-electron chi connectivity index (χ4n) is 2.33. The van der Waals surface area contributed by atoms with Gasteiger partial charge in [0.05, 0.1) is 10.3 Å². The van der Waals surface area contributed by atoms with Crippen LogP contribution in [0.15, 0.2) is 59.5 Å². The van der Waals surface area contributed by atoms with Gasteiger partial charge in [-0.05, 0) is 71.0 Å². The highest BCUT2D eigenvalue weighted by atomic mass is 32.2. The Hall–Kier alpha value is -2.38. The first-order valence-corrected chi connectivity index (χ1v) is 10.5. The van der Waals surface area contributed by atoms with Crippen LogP contribution in [0.2, 0.25) is 0 Å². The van der Waals surface area contributed by atoms with E-state index in [4.69, 9.17) is 4.74 Å². The van der Waals surface area contributed by atoms with E-state index in [1.807, 2.05) is 30.3 Å². The van der Waals surface area contributed by atoms with Crippen LogP contribution < -0.4 is 14.8 Å². The van der Waals surface area contributed by atoms with Gasteiger partial charge >= 0.3 is 0 Å². The number of nitrogens with one attached hydrogen (secondary N) is 2. The lowest BCUT2D eigenvalue weighted by molar-refractivity contribution is -0.125. The third kappa shape index (κ3) is 6.35. The van der Waals surface area contributed by atoms with Crippen LogP contribution in [0, 0.1) is 5.41 Å². The molecule has 0 saturated heterocycles. The van der Waals surface area contributed by atoms with Gasteiger partial charge < -0.3 is 10.1 Å². The van der Waals surface area contributed by atoms with E-state index in [-0.39, 0.29) is 17.4 Å². The van der Waals surface area contributed by atoms with Crippen LogP contribution >= 0.6 is 0 Å². The zero-order valence-corrected chi connectivity index (χ0v) is 17.8. The van der Waals surface area contributed by atoms with Gasteiger partial charge in [0.1, 0.15) is 12.4 Å². The molecule has 2 rings (SSSR count). The summed E-state index contributed by atoms with van der Waals surface area (Å²) in [5.41, 5.74) is -0.611. The summed E-state index contributed by atoms with van der Waals surface area (Å²) in [5, 5.41) is 2.86. The Morgan fingerprint density at radius 1 is 0.929 bits per heavy atom. The summed E-state index contributed by atoms with van der Waals surface area (Å²) >= 11 is 0. The van der Waals surface area contributed by atoms with Crippen molar-refractivity contribution in [3.63, 3.8) is 0 Å². The zero-order chi connectivity index (χ0) is 21.0. The molecule has 0 aliphatic heterocycles. The van der Waals surface area contributed by atoms with Gasteiger partial charge in [-0.15, -0.1) is 0 Å². The number of amides is 1. The van der Waals surface area contributed by atoms with Gasteiger partial charge in [0.2, 0.25) is 15.9 Å². The molecule has 0 aliphatic carbocycles. The van der Waals surface area contributed by atoms with Crippen LogP contribution in [0.5, 0.6) is 5.75 Å². The molecular formula is C21H28N2O4S. The summed E-state index contributed by atoms with van der Waals surface area (Å²) in [7, 11) is -3.60. The van der Waals surface area contributed by atoms with Crippen molar-refractivity contribution in [3.8, 4) is 5.75 Å². The molecule has 152 valence electrons. The molecule has 0 spiro atoms. The van der Waals surface area contributed by atoms with Gasteiger partial charge in [0, 0.05) is 11.2 Å². The maximum Gasteiger partial charge on any atom is 0.241 e. The minimum absolute atomic E-state index is 0.151. The van der Waals surface area contributed by atoms with Crippen LogP contribution in [0.3, 0.4) is 0 Å². The maximum atomic E-state index is 12.5. The summed E-state index contributed by atoms with van der Waals surface area (Å²) in [6.45, 7) is 9.08. The van der Waals surface area contributed by atoms with Crippen LogP contribution in [-0.2, 0) is 14.8 Å². The molecule has 0 radical (unpaired) electrons. The van der Waals surface area contributed by atoms with Crippen LogP contribution in [0.4, 0.5) is 5.69 Å². The van der Waals surface area contributed by atoms with Crippen LogP contribution in [0.25, 0.3) is 0 Å². The summed E-state index contributed by atoms with van der Waals surface area (Å²) < 4.78 is 33.0. The van der Waals surface area contributed by atoms with Gasteiger partial charge in [-0.2, -0.15) is 0 Å². The van der Waals surface area contributed by atoms with Crippen molar-refractivity contribution in [1.29, 1.82) is 0 Å². The number of ether oxygens (including phenoxy) is 1. The van der Waals surface area contributed by atoms with Crippen molar-refractivity contribution in [1.82, 2.24) is 4.72 Å². The lowest BCUT2D eigenvalue weighted by atomic mass is 9.93. The molecule has 0 fully saturated rings. The van der Waals surface area contributed by atoms with E-state index in [0.29, 0.717) is 5.75 Å². The number of carbonyl (C=O) groups excluding carboxylic acids is 1. The minimum atomic E-state index is -3.60. The number of hydrogen-bond acceptors (Lipinski definition) is 4. The number of sulfonamides is 1. The molecule has 2 aromatic carbocycles. The van der Waals surface area contributed by atoms with E-state index in [0.717, 1.165) is 5.69 Å². The molecule has 0 saturated carbocycles. The second-order valence-corrected chi connectivity index (χ2v) is 10.0. The van der Waals surface area contributed by atoms with Gasteiger partial charge in [-0.3, -0.25) is 4.79 Å². The Morgan fingerprint density at radius 2 is 1.50 bits per heavy atom. The normalized spacial score (nSPS) is 12.5. The largest absolute Gasteiger partial charge is 0.492 e. The number of anilines is 1. The average molecular weight is 405 g/mol. The number of para-hydroxylation sites is 1. The molecule has 2 N–H and O–H groups in total. The van der Waals surface area contributed by atoms with Crippen molar-refractivity contribution >= 4 is 21.6 Å². The Labute approximate surface area is 167 Å². The monoisotopic (exact) mass is 404 g/mol. The first kappa shape index (κ1) is 21.9. The number of rotatable bonds is 7. The van der Waals surface area contributed by atoms with Crippen molar-refractivity contribution < 1.29 is 17.9 Å². The van der Waals surface area contributed by atoms with E-state index in [2.05, 4.69) is 10.0 Å². The fraction of sp³-hybridized carbons (Fsp3) is 0.381. The van der Waals surface area contributed by atoms with E-state index < -0.39 is 21.0 Å². The minimum Gasteiger partial charge on any atom is -0.492 e. The summed E-state index contributed by atoms with van der Waals surface area (Å²) in [4.78, 5) is 12.7. The summed E-state index contributed by atoms with van der Waals surface area (Å²) in [6.07, 6.45) is 0. The third-order valence-electron chi connectivity index (χ3n) is 3.82. The lowest BCUT2D eigenvalue weighted by Crippen LogP contribution is -2.40. The van der Waals surface area contributed by atoms with Gasteiger partial charge in [-0.1, -0.05) is 18.2 Å². The Morgan fingerprint density at radius 3 is 2.04 bits per heavy atom. The van der Waals surface area contributed by atoms with Gasteiger partial charge in [0.15, 0.2) is 0 Å². The maximum absolute atomic E-state index is 12.5. The second-order valence-electron chi connectivity index (χ2n) is 8.32. The highest BCUT2D eigenvalue weighted by Gasteiger charge is 2.29. The number of carbonyl (C=O) groups is 1. The average Bonchev–Trinajstić information content (AvgIpc) is 2.59. The fourth-order valence-corrected chi connectivity index (χ4v) is 3.75. The first-order valence-electron chi connectivity index (χ1n) is 9.02. The molecule has 7 heteroatoms. The SMILES string of the molecule is CC(C)(C)NS(=O)(=O)c1ccc(OCC(C)(C)C(=O)Nc2ccccc2)cc1. The van der Waals surface area contributed by atoms with Crippen molar-refractivity contribution in [2.45, 2.75) is 45.1 Å². The van der Waals surface area contributed by atoms with Crippen LogP contribution in [-0.4, -0.2) is 26.5 Å². The van der Waals surface area contributed by atoms with E-state index >= 15 is 0 Å². The predicted molar refractivity (Wildman–Crippen MR) is 111 cm³/mol. The van der Waals surface area contributed by atoms with E-state index in [1.165, 1.54) is 12.1 Å². The quantitative estimate of drug-likeness (QED) is 0.735. The first-order chi connectivity index (χ1) is 12.9. The summed E-state index contributed by atoms with van der Waals surface area (Å²) in [5.74, 6) is 0.336. The molecule has 0 aliphatic rings. The van der Waals surface area contributed by atoms with E-state index in [1.54, 1.807) is 46.8 Å². The Bertz CT molecular complexity index is 900. The third-order valence-corrected chi connectivity index (χ3v) is 5.59. The molecule has 2 aromatic rings. The molecular weight excluding hydrogens is 376 g/mol. The Kier molecular flexibility index (Phi) is 6.52. The molecule has 0 bridgehead atoms. The number of hydrogen-bond donors (Lipinski definition) is 2. The predicted octanol–water partition coefficient (Wildman–Crippen LogP) is 3.81. The second kappa shape index (κ2) is 8.32. The van der Waals surface area contributed by atoms with Crippen molar-refractivity contribution in [3.05, 3.63) is 54.6 Å². The molecule has 6 nitrogen and oxygen atoms in total. The molecule has 28 heavy (non-hydrogen) atoms. The molecule has 0 aromatic heterocycles. The van der Waals surface area contributed by atoms with Gasteiger partial charge in [0.25, 0.3) is 0 Å². The highest BCUT2D eigenvalue weighted by Crippen LogP contribution is 2.23. The molecule has 0 unspecified atom stereocenters. The van der Waals surface area contributed by atoms with E-state index in [9.17, 15) is 13.2 Å². The van der Waals surface area contributed by atoms with Crippen LogP contribution in [0.1, 0.15) is 34.6 Å².